The van der Waals surface area contributed by atoms with Gasteiger partial charge in [0.1, 0.15) is 0 Å². The molecule has 0 radical (unpaired) electrons. The maximum Gasteiger partial charge on any atom is 0.321 e. The number of hydrogen-bond donors (Lipinski definition) is 2. The van der Waals surface area contributed by atoms with E-state index in [4.69, 9.17) is 4.74 Å². The topological polar surface area (TPSA) is 63.2 Å². The molecule has 0 unspecified atom stereocenters. The Morgan fingerprint density at radius 2 is 2.33 bits per heavy atom. The van der Waals surface area contributed by atoms with Gasteiger partial charge in [0.15, 0.2) is 5.13 Å². The number of hydrogen-bond acceptors (Lipinski definition) is 4. The number of rotatable bonds is 7. The van der Waals surface area contributed by atoms with E-state index < -0.39 is 0 Å². The summed E-state index contributed by atoms with van der Waals surface area (Å²) in [6.45, 7) is 7.86. The van der Waals surface area contributed by atoms with Crippen LogP contribution >= 0.6 is 11.3 Å². The minimum absolute atomic E-state index is 0.236. The Balaban J connectivity index is 2.33. The highest BCUT2D eigenvalue weighted by molar-refractivity contribution is 7.13. The zero-order chi connectivity index (χ0) is 13.4. The van der Waals surface area contributed by atoms with Crippen molar-refractivity contribution < 1.29 is 9.53 Å². The fourth-order valence-electron chi connectivity index (χ4n) is 1.30. The van der Waals surface area contributed by atoms with Gasteiger partial charge < -0.3 is 10.1 Å². The van der Waals surface area contributed by atoms with Crippen LogP contribution in [0.1, 0.15) is 38.8 Å². The van der Waals surface area contributed by atoms with Gasteiger partial charge in [-0.05, 0) is 19.3 Å². The molecule has 1 rings (SSSR count). The van der Waals surface area contributed by atoms with Crippen molar-refractivity contribution in [3.63, 3.8) is 0 Å². The molecule has 0 fully saturated rings. The van der Waals surface area contributed by atoms with E-state index in [9.17, 15) is 4.79 Å². The van der Waals surface area contributed by atoms with Crippen molar-refractivity contribution in [2.24, 2.45) is 0 Å². The molecule has 0 aliphatic rings. The van der Waals surface area contributed by atoms with Gasteiger partial charge in [0, 0.05) is 18.5 Å². The molecular formula is C12H21N3O2S. The highest BCUT2D eigenvalue weighted by atomic mass is 32.1. The summed E-state index contributed by atoms with van der Waals surface area (Å²) in [5.41, 5.74) is 1.03. The van der Waals surface area contributed by atoms with Crippen molar-refractivity contribution in [1.29, 1.82) is 0 Å². The van der Waals surface area contributed by atoms with Gasteiger partial charge in [-0.2, -0.15) is 0 Å². The Kier molecular flexibility index (Phi) is 6.67. The second-order valence-corrected chi connectivity index (χ2v) is 4.82. The number of aromatic nitrogens is 1. The Bertz CT molecular complexity index is 368. The number of ether oxygens (including phenoxy) is 1. The van der Waals surface area contributed by atoms with Crippen LogP contribution in [0, 0.1) is 0 Å². The molecule has 1 aromatic heterocycles. The second kappa shape index (κ2) is 8.05. The van der Waals surface area contributed by atoms with Crippen molar-refractivity contribution in [3.8, 4) is 0 Å². The van der Waals surface area contributed by atoms with Crippen LogP contribution in [-0.4, -0.2) is 30.8 Å². The number of urea groups is 1. The highest BCUT2D eigenvalue weighted by Crippen LogP contribution is 2.23. The van der Waals surface area contributed by atoms with Crippen molar-refractivity contribution in [2.75, 3.05) is 25.1 Å². The van der Waals surface area contributed by atoms with Crippen LogP contribution in [0.15, 0.2) is 5.38 Å². The van der Waals surface area contributed by atoms with E-state index in [2.05, 4.69) is 29.5 Å². The number of nitrogens with one attached hydrogen (secondary N) is 2. The average molecular weight is 271 g/mol. The number of amides is 2. The SMILES string of the molecule is CCOCCNC(=O)Nc1nc([C@@H](C)CC)cs1. The first-order valence-electron chi connectivity index (χ1n) is 6.25. The molecule has 0 saturated heterocycles. The molecule has 1 atom stereocenters. The number of thiazole rings is 1. The molecule has 0 aliphatic heterocycles. The van der Waals surface area contributed by atoms with Crippen LogP contribution < -0.4 is 10.6 Å². The first kappa shape index (κ1) is 14.9. The van der Waals surface area contributed by atoms with E-state index in [0.29, 0.717) is 30.8 Å². The van der Waals surface area contributed by atoms with E-state index in [1.54, 1.807) is 0 Å². The lowest BCUT2D eigenvalue weighted by atomic mass is 10.1. The van der Waals surface area contributed by atoms with E-state index in [1.165, 1.54) is 11.3 Å². The Morgan fingerprint density at radius 1 is 1.56 bits per heavy atom. The lowest BCUT2D eigenvalue weighted by Crippen LogP contribution is -2.31. The zero-order valence-corrected chi connectivity index (χ0v) is 12.0. The number of nitrogens with zero attached hydrogens (tertiary/aromatic N) is 1. The summed E-state index contributed by atoms with van der Waals surface area (Å²) < 4.78 is 5.13. The molecule has 2 N–H and O–H groups in total. The summed E-state index contributed by atoms with van der Waals surface area (Å²) in [7, 11) is 0. The van der Waals surface area contributed by atoms with Gasteiger partial charge in [-0.1, -0.05) is 13.8 Å². The summed E-state index contributed by atoms with van der Waals surface area (Å²) in [4.78, 5) is 15.9. The van der Waals surface area contributed by atoms with Crippen molar-refractivity contribution in [2.45, 2.75) is 33.1 Å². The molecule has 2 amide bonds. The van der Waals surface area contributed by atoms with Crippen molar-refractivity contribution in [3.05, 3.63) is 11.1 Å². The minimum Gasteiger partial charge on any atom is -0.380 e. The fourth-order valence-corrected chi connectivity index (χ4v) is 2.13. The van der Waals surface area contributed by atoms with E-state index in [-0.39, 0.29) is 6.03 Å². The van der Waals surface area contributed by atoms with Crippen LogP contribution in [-0.2, 0) is 4.74 Å². The van der Waals surface area contributed by atoms with Crippen molar-refractivity contribution >= 4 is 22.5 Å². The summed E-state index contributed by atoms with van der Waals surface area (Å²) in [5.74, 6) is 0.429. The molecule has 18 heavy (non-hydrogen) atoms. The number of carbonyl (C=O) groups excluding carboxylic acids is 1. The molecule has 102 valence electrons. The van der Waals surface area contributed by atoms with E-state index in [1.807, 2.05) is 12.3 Å². The van der Waals surface area contributed by atoms with Crippen LogP contribution in [0.5, 0.6) is 0 Å². The largest absolute Gasteiger partial charge is 0.380 e. The normalized spacial score (nSPS) is 12.2. The summed E-state index contributed by atoms with van der Waals surface area (Å²) in [6.07, 6.45) is 1.05. The molecule has 0 spiro atoms. The maximum absolute atomic E-state index is 11.5. The standard InChI is InChI=1S/C12H21N3O2S/c1-4-9(3)10-8-18-12(14-10)15-11(16)13-6-7-17-5-2/h8-9H,4-7H2,1-3H3,(H2,13,14,15,16)/t9-/m0/s1. The first-order chi connectivity index (χ1) is 8.67. The molecule has 1 heterocycles. The van der Waals surface area contributed by atoms with E-state index in [0.717, 1.165) is 12.1 Å². The fraction of sp³-hybridized carbons (Fsp3) is 0.667. The van der Waals surface area contributed by atoms with Gasteiger partial charge in [-0.25, -0.2) is 9.78 Å². The molecule has 0 bridgehead atoms. The third-order valence-corrected chi connectivity index (χ3v) is 3.37. The molecule has 0 aromatic carbocycles. The van der Waals surface area contributed by atoms with Crippen LogP contribution in [0.25, 0.3) is 0 Å². The second-order valence-electron chi connectivity index (χ2n) is 3.96. The average Bonchev–Trinajstić information content (AvgIpc) is 2.82. The van der Waals surface area contributed by atoms with Gasteiger partial charge in [0.05, 0.1) is 12.3 Å². The Hall–Kier alpha value is -1.14. The quantitative estimate of drug-likeness (QED) is 0.750. The molecule has 1 aromatic rings. The lowest BCUT2D eigenvalue weighted by molar-refractivity contribution is 0.150. The third-order valence-electron chi connectivity index (χ3n) is 2.60. The summed E-state index contributed by atoms with van der Waals surface area (Å²) in [6, 6.07) is -0.236. The smallest absolute Gasteiger partial charge is 0.321 e. The summed E-state index contributed by atoms with van der Waals surface area (Å²) in [5, 5.41) is 8.06. The van der Waals surface area contributed by atoms with Crippen LogP contribution in [0.3, 0.4) is 0 Å². The minimum atomic E-state index is -0.236. The summed E-state index contributed by atoms with van der Waals surface area (Å²) >= 11 is 1.45. The Morgan fingerprint density at radius 3 is 3.00 bits per heavy atom. The molecule has 0 saturated carbocycles. The van der Waals surface area contributed by atoms with Crippen LogP contribution in [0.2, 0.25) is 0 Å². The Labute approximate surface area is 112 Å². The third kappa shape index (κ3) is 5.01. The maximum atomic E-state index is 11.5. The van der Waals surface area contributed by atoms with Gasteiger partial charge in [-0.15, -0.1) is 11.3 Å². The zero-order valence-electron chi connectivity index (χ0n) is 11.2. The van der Waals surface area contributed by atoms with Crippen LogP contribution in [0.4, 0.5) is 9.93 Å². The molecule has 5 nitrogen and oxygen atoms in total. The molecular weight excluding hydrogens is 250 g/mol. The monoisotopic (exact) mass is 271 g/mol. The first-order valence-corrected chi connectivity index (χ1v) is 7.13. The molecule has 6 heteroatoms. The van der Waals surface area contributed by atoms with Crippen molar-refractivity contribution in [1.82, 2.24) is 10.3 Å². The predicted molar refractivity (Wildman–Crippen MR) is 74.3 cm³/mol. The van der Waals surface area contributed by atoms with Gasteiger partial charge in [-0.3, -0.25) is 5.32 Å². The van der Waals surface area contributed by atoms with Gasteiger partial charge in [0.25, 0.3) is 0 Å². The van der Waals surface area contributed by atoms with Gasteiger partial charge >= 0.3 is 6.03 Å². The predicted octanol–water partition coefficient (Wildman–Crippen LogP) is 2.81. The highest BCUT2D eigenvalue weighted by Gasteiger charge is 2.09. The van der Waals surface area contributed by atoms with Gasteiger partial charge in [0.2, 0.25) is 0 Å². The number of anilines is 1. The molecule has 0 aliphatic carbocycles. The lowest BCUT2D eigenvalue weighted by Gasteiger charge is -2.05. The number of carbonyl (C=O) groups is 1. The van der Waals surface area contributed by atoms with E-state index >= 15 is 0 Å².